The Morgan fingerprint density at radius 1 is 0.941 bits per heavy atom. The Hall–Kier alpha value is -3.80. The van der Waals surface area contributed by atoms with Crippen molar-refractivity contribution < 1.29 is 23.8 Å². The number of esters is 2. The molecule has 0 heterocycles. The molecule has 0 aliphatic heterocycles. The van der Waals surface area contributed by atoms with Crippen molar-refractivity contribution in [2.24, 2.45) is 0 Å². The van der Waals surface area contributed by atoms with E-state index in [1.165, 1.54) is 7.11 Å². The van der Waals surface area contributed by atoms with Crippen molar-refractivity contribution >= 4 is 17.6 Å². The summed E-state index contributed by atoms with van der Waals surface area (Å²) in [6.45, 7) is 8.04. The number of carbonyl (C=O) groups excluding carboxylic acids is 2. The molecule has 6 nitrogen and oxygen atoms in total. The summed E-state index contributed by atoms with van der Waals surface area (Å²) in [6, 6.07) is 15.3. The van der Waals surface area contributed by atoms with Gasteiger partial charge in [0.15, 0.2) is 0 Å². The summed E-state index contributed by atoms with van der Waals surface area (Å²) in [5, 5.41) is 0. The number of nitrogen functional groups attached to an aromatic ring is 1. The van der Waals surface area contributed by atoms with Gasteiger partial charge in [0.1, 0.15) is 12.4 Å². The lowest BCUT2D eigenvalue weighted by molar-refractivity contribution is -0.139. The van der Waals surface area contributed by atoms with E-state index in [9.17, 15) is 9.59 Å². The fourth-order valence-electron chi connectivity index (χ4n) is 4.00. The zero-order valence-electron chi connectivity index (χ0n) is 20.4. The summed E-state index contributed by atoms with van der Waals surface area (Å²) in [5.41, 5.74) is 13.5. The van der Waals surface area contributed by atoms with Crippen LogP contribution in [0.3, 0.4) is 0 Å². The van der Waals surface area contributed by atoms with Gasteiger partial charge in [0.05, 0.1) is 31.4 Å². The number of anilines is 1. The minimum absolute atomic E-state index is 0.0998. The number of ether oxygens (including phenoxy) is 3. The second kappa shape index (κ2) is 10.9. The summed E-state index contributed by atoms with van der Waals surface area (Å²) in [5.74, 6) is -0.205. The van der Waals surface area contributed by atoms with E-state index in [0.717, 1.165) is 33.4 Å². The van der Waals surface area contributed by atoms with E-state index in [2.05, 4.69) is 0 Å². The first-order chi connectivity index (χ1) is 16.3. The molecule has 0 bridgehead atoms. The van der Waals surface area contributed by atoms with Crippen LogP contribution in [0.1, 0.15) is 45.1 Å². The van der Waals surface area contributed by atoms with Crippen LogP contribution in [0.25, 0.3) is 11.1 Å². The summed E-state index contributed by atoms with van der Waals surface area (Å²) >= 11 is 0. The molecule has 0 unspecified atom stereocenters. The second-order valence-electron chi connectivity index (χ2n) is 8.13. The van der Waals surface area contributed by atoms with Gasteiger partial charge < -0.3 is 19.9 Å². The van der Waals surface area contributed by atoms with Crippen LogP contribution >= 0.6 is 0 Å². The van der Waals surface area contributed by atoms with E-state index in [1.54, 1.807) is 19.1 Å². The van der Waals surface area contributed by atoms with E-state index in [-0.39, 0.29) is 19.0 Å². The van der Waals surface area contributed by atoms with Gasteiger partial charge in [-0.1, -0.05) is 48.0 Å². The molecule has 0 saturated heterocycles. The van der Waals surface area contributed by atoms with E-state index in [0.29, 0.717) is 29.2 Å². The molecule has 0 atom stereocenters. The smallest absolute Gasteiger partial charge is 0.338 e. The molecule has 3 aromatic rings. The van der Waals surface area contributed by atoms with Gasteiger partial charge in [-0.05, 0) is 56.0 Å². The molecule has 34 heavy (non-hydrogen) atoms. The molecule has 3 rings (SSSR count). The van der Waals surface area contributed by atoms with Crippen LogP contribution in [-0.4, -0.2) is 25.7 Å². The number of methoxy groups -OCH3 is 1. The number of hydrogen-bond donors (Lipinski definition) is 1. The Bertz CT molecular complexity index is 1200. The third-order valence-electron chi connectivity index (χ3n) is 5.89. The van der Waals surface area contributed by atoms with Gasteiger partial charge in [0.25, 0.3) is 0 Å². The molecular formula is C28H31NO5. The average Bonchev–Trinajstić information content (AvgIpc) is 2.83. The van der Waals surface area contributed by atoms with Gasteiger partial charge in [0.2, 0.25) is 0 Å². The number of hydrogen-bond acceptors (Lipinski definition) is 6. The van der Waals surface area contributed by atoms with Crippen LogP contribution < -0.4 is 10.5 Å². The standard InChI is InChI=1S/C28H31NO5/c1-6-33-28(31)22-10-8-7-9-21(22)16-34-27-19(4)25(20-13-11-17(2)12-14-20)23(15-24(30)32-5)18(3)26(27)29/h7-14H,6,15-16,29H2,1-5H3. The lowest BCUT2D eigenvalue weighted by atomic mass is 9.88. The average molecular weight is 462 g/mol. The van der Waals surface area contributed by atoms with Crippen molar-refractivity contribution in [1.82, 2.24) is 0 Å². The molecule has 3 aromatic carbocycles. The molecule has 0 aromatic heterocycles. The van der Waals surface area contributed by atoms with Crippen molar-refractivity contribution in [3.05, 3.63) is 81.9 Å². The molecular weight excluding hydrogens is 430 g/mol. The highest BCUT2D eigenvalue weighted by Gasteiger charge is 2.23. The number of carbonyl (C=O) groups is 2. The van der Waals surface area contributed by atoms with Crippen molar-refractivity contribution in [3.63, 3.8) is 0 Å². The van der Waals surface area contributed by atoms with Gasteiger partial charge in [-0.15, -0.1) is 0 Å². The minimum Gasteiger partial charge on any atom is -0.486 e. The highest BCUT2D eigenvalue weighted by Crippen LogP contribution is 2.42. The summed E-state index contributed by atoms with van der Waals surface area (Å²) < 4.78 is 16.3. The fourth-order valence-corrected chi connectivity index (χ4v) is 4.00. The summed E-state index contributed by atoms with van der Waals surface area (Å²) in [6.07, 6.45) is 0.0998. The summed E-state index contributed by atoms with van der Waals surface area (Å²) in [7, 11) is 1.37. The molecule has 0 amide bonds. The molecule has 6 heteroatoms. The van der Waals surface area contributed by atoms with E-state index < -0.39 is 5.97 Å². The predicted molar refractivity (Wildman–Crippen MR) is 133 cm³/mol. The van der Waals surface area contributed by atoms with Crippen LogP contribution in [0.2, 0.25) is 0 Å². The number of nitrogens with two attached hydrogens (primary N) is 1. The predicted octanol–water partition coefficient (Wildman–Crippen LogP) is 5.33. The Labute approximate surface area is 200 Å². The largest absolute Gasteiger partial charge is 0.486 e. The minimum atomic E-state index is -0.392. The quantitative estimate of drug-likeness (QED) is 0.360. The van der Waals surface area contributed by atoms with Gasteiger partial charge in [-0.2, -0.15) is 0 Å². The zero-order chi connectivity index (χ0) is 24.8. The normalized spacial score (nSPS) is 10.6. The fraction of sp³-hybridized carbons (Fsp3) is 0.286. The Morgan fingerprint density at radius 2 is 1.62 bits per heavy atom. The lowest BCUT2D eigenvalue weighted by Crippen LogP contribution is -2.13. The van der Waals surface area contributed by atoms with Gasteiger partial charge in [0, 0.05) is 11.1 Å². The molecule has 0 fully saturated rings. The monoisotopic (exact) mass is 461 g/mol. The number of benzene rings is 3. The maximum atomic E-state index is 12.4. The lowest BCUT2D eigenvalue weighted by Gasteiger charge is -2.22. The van der Waals surface area contributed by atoms with Crippen LogP contribution in [0, 0.1) is 20.8 Å². The Balaban J connectivity index is 2.08. The number of aryl methyl sites for hydroxylation is 1. The van der Waals surface area contributed by atoms with Crippen LogP contribution in [0.5, 0.6) is 5.75 Å². The maximum Gasteiger partial charge on any atom is 0.338 e. The van der Waals surface area contributed by atoms with Crippen LogP contribution in [-0.2, 0) is 27.3 Å². The SMILES string of the molecule is CCOC(=O)c1ccccc1COc1c(C)c(-c2ccc(C)cc2)c(CC(=O)OC)c(C)c1N. The molecule has 178 valence electrons. The molecule has 0 aliphatic carbocycles. The van der Waals surface area contributed by atoms with Crippen molar-refractivity contribution in [2.75, 3.05) is 19.5 Å². The molecule has 0 aliphatic rings. The first kappa shape index (κ1) is 24.8. The maximum absolute atomic E-state index is 12.4. The Morgan fingerprint density at radius 3 is 2.26 bits per heavy atom. The zero-order valence-corrected chi connectivity index (χ0v) is 20.4. The molecule has 0 spiro atoms. The van der Waals surface area contributed by atoms with Crippen molar-refractivity contribution in [3.8, 4) is 16.9 Å². The van der Waals surface area contributed by atoms with Gasteiger partial charge in [-0.3, -0.25) is 4.79 Å². The van der Waals surface area contributed by atoms with Gasteiger partial charge in [-0.25, -0.2) is 4.79 Å². The topological polar surface area (TPSA) is 87.8 Å². The second-order valence-corrected chi connectivity index (χ2v) is 8.13. The third kappa shape index (κ3) is 5.22. The van der Waals surface area contributed by atoms with Crippen LogP contribution in [0.4, 0.5) is 5.69 Å². The highest BCUT2D eigenvalue weighted by molar-refractivity contribution is 5.91. The van der Waals surface area contributed by atoms with E-state index in [4.69, 9.17) is 19.9 Å². The van der Waals surface area contributed by atoms with Gasteiger partial charge >= 0.3 is 11.9 Å². The van der Waals surface area contributed by atoms with Crippen molar-refractivity contribution in [1.29, 1.82) is 0 Å². The molecule has 0 saturated carbocycles. The number of rotatable bonds is 8. The van der Waals surface area contributed by atoms with Crippen molar-refractivity contribution in [2.45, 2.75) is 40.7 Å². The molecule has 2 N–H and O–H groups in total. The van der Waals surface area contributed by atoms with E-state index >= 15 is 0 Å². The third-order valence-corrected chi connectivity index (χ3v) is 5.89. The summed E-state index contributed by atoms with van der Waals surface area (Å²) in [4.78, 5) is 24.6. The first-order valence-electron chi connectivity index (χ1n) is 11.2. The molecule has 0 radical (unpaired) electrons. The van der Waals surface area contributed by atoms with Crippen LogP contribution in [0.15, 0.2) is 48.5 Å². The Kier molecular flexibility index (Phi) is 7.95. The van der Waals surface area contributed by atoms with E-state index in [1.807, 2.05) is 57.2 Å². The highest BCUT2D eigenvalue weighted by atomic mass is 16.5. The first-order valence-corrected chi connectivity index (χ1v) is 11.2.